The van der Waals surface area contributed by atoms with Crippen LogP contribution in [0.3, 0.4) is 0 Å². The summed E-state index contributed by atoms with van der Waals surface area (Å²) >= 11 is 3.41. The number of amides is 2. The number of fused-ring (bicyclic) bond motifs is 1. The smallest absolute Gasteiger partial charge is 0.319 e. The number of benzene rings is 1. The van der Waals surface area contributed by atoms with Crippen molar-refractivity contribution in [2.24, 2.45) is 0 Å². The molecule has 3 rings (SSSR count). The summed E-state index contributed by atoms with van der Waals surface area (Å²) in [5.74, 6) is 1.28. The highest BCUT2D eigenvalue weighted by Crippen LogP contribution is 2.38. The number of carbonyl (C=O) groups is 1. The van der Waals surface area contributed by atoms with E-state index in [1.165, 1.54) is 0 Å². The second-order valence-electron chi connectivity index (χ2n) is 4.60. The van der Waals surface area contributed by atoms with E-state index in [4.69, 9.17) is 9.47 Å². The summed E-state index contributed by atoms with van der Waals surface area (Å²) in [6, 6.07) is 8.75. The van der Waals surface area contributed by atoms with Crippen molar-refractivity contribution < 1.29 is 14.3 Å². The number of nitrogens with one attached hydrogen (secondary N) is 2. The van der Waals surface area contributed by atoms with Gasteiger partial charge in [-0.3, -0.25) is 4.98 Å². The van der Waals surface area contributed by atoms with Gasteiger partial charge in [0.05, 0.1) is 17.9 Å². The molecule has 0 bridgehead atoms. The van der Waals surface area contributed by atoms with Crippen molar-refractivity contribution in [3.05, 3.63) is 46.7 Å². The first-order chi connectivity index (χ1) is 10.7. The molecule has 0 saturated carbocycles. The number of urea groups is 1. The summed E-state index contributed by atoms with van der Waals surface area (Å²) in [5.41, 5.74) is 1.40. The summed E-state index contributed by atoms with van der Waals surface area (Å²) in [5, 5.41) is 5.52. The molecular weight excluding hydrogens is 350 g/mol. The van der Waals surface area contributed by atoms with E-state index in [0.717, 1.165) is 10.2 Å². The van der Waals surface area contributed by atoms with Crippen molar-refractivity contribution in [3.8, 4) is 11.5 Å². The van der Waals surface area contributed by atoms with E-state index >= 15 is 0 Å². The molecule has 2 heterocycles. The van der Waals surface area contributed by atoms with E-state index in [9.17, 15) is 4.79 Å². The van der Waals surface area contributed by atoms with Crippen LogP contribution in [0.4, 0.5) is 10.5 Å². The van der Waals surface area contributed by atoms with E-state index in [0.29, 0.717) is 36.9 Å². The van der Waals surface area contributed by atoms with Gasteiger partial charge in [-0.25, -0.2) is 4.79 Å². The van der Waals surface area contributed by atoms with Crippen LogP contribution in [0.1, 0.15) is 5.69 Å². The molecule has 0 saturated heterocycles. The summed E-state index contributed by atoms with van der Waals surface area (Å²) in [4.78, 5) is 16.1. The third-order valence-electron chi connectivity index (χ3n) is 3.04. The Kier molecular flexibility index (Phi) is 4.43. The van der Waals surface area contributed by atoms with Gasteiger partial charge in [-0.1, -0.05) is 6.07 Å². The third kappa shape index (κ3) is 3.48. The number of hydrogen-bond acceptors (Lipinski definition) is 4. The number of halogens is 1. The van der Waals surface area contributed by atoms with E-state index in [-0.39, 0.29) is 6.03 Å². The molecule has 22 heavy (non-hydrogen) atoms. The Balaban J connectivity index is 1.64. The summed E-state index contributed by atoms with van der Waals surface area (Å²) < 4.78 is 11.7. The maximum Gasteiger partial charge on any atom is 0.319 e. The van der Waals surface area contributed by atoms with Crippen molar-refractivity contribution in [1.82, 2.24) is 10.3 Å². The van der Waals surface area contributed by atoms with Gasteiger partial charge in [0, 0.05) is 22.8 Å². The predicted molar refractivity (Wildman–Crippen MR) is 85.2 cm³/mol. The van der Waals surface area contributed by atoms with Crippen LogP contribution < -0.4 is 20.1 Å². The average Bonchev–Trinajstić information content (AvgIpc) is 2.55. The molecule has 1 aromatic carbocycles. The Labute approximate surface area is 136 Å². The number of carbonyl (C=O) groups excluding carboxylic acids is 1. The first-order valence-corrected chi connectivity index (χ1v) is 7.55. The highest BCUT2D eigenvalue weighted by atomic mass is 79.9. The molecule has 2 aromatic rings. The Bertz CT molecular complexity index is 679. The van der Waals surface area contributed by atoms with Crippen molar-refractivity contribution in [1.29, 1.82) is 0 Å². The van der Waals surface area contributed by atoms with Gasteiger partial charge >= 0.3 is 6.03 Å². The van der Waals surface area contributed by atoms with Crippen molar-refractivity contribution in [2.75, 3.05) is 18.5 Å². The van der Waals surface area contributed by atoms with E-state index in [1.807, 2.05) is 18.2 Å². The number of anilines is 1. The topological polar surface area (TPSA) is 72.5 Å². The van der Waals surface area contributed by atoms with E-state index < -0.39 is 0 Å². The lowest BCUT2D eigenvalue weighted by Gasteiger charge is -2.20. The van der Waals surface area contributed by atoms with E-state index in [1.54, 1.807) is 18.3 Å². The second kappa shape index (κ2) is 6.65. The number of ether oxygens (including phenoxy) is 2. The highest BCUT2D eigenvalue weighted by Gasteiger charge is 2.16. The molecule has 2 amide bonds. The van der Waals surface area contributed by atoms with Gasteiger partial charge in [0.1, 0.15) is 13.2 Å². The zero-order chi connectivity index (χ0) is 15.4. The van der Waals surface area contributed by atoms with Crippen LogP contribution in [0.25, 0.3) is 0 Å². The van der Waals surface area contributed by atoms with Crippen molar-refractivity contribution >= 4 is 27.6 Å². The molecule has 0 aliphatic carbocycles. The van der Waals surface area contributed by atoms with Crippen LogP contribution in [-0.2, 0) is 6.54 Å². The first-order valence-electron chi connectivity index (χ1n) is 6.76. The largest absolute Gasteiger partial charge is 0.486 e. The Morgan fingerprint density at radius 3 is 2.73 bits per heavy atom. The Morgan fingerprint density at radius 2 is 2.00 bits per heavy atom. The average molecular weight is 364 g/mol. The van der Waals surface area contributed by atoms with Gasteiger partial charge in [0.25, 0.3) is 0 Å². The second-order valence-corrected chi connectivity index (χ2v) is 5.46. The predicted octanol–water partition coefficient (Wildman–Crippen LogP) is 2.94. The van der Waals surface area contributed by atoms with Crippen molar-refractivity contribution in [3.63, 3.8) is 0 Å². The maximum atomic E-state index is 12.0. The molecule has 2 N–H and O–H groups in total. The lowest BCUT2D eigenvalue weighted by molar-refractivity contribution is 0.171. The summed E-state index contributed by atoms with van der Waals surface area (Å²) in [7, 11) is 0. The lowest BCUT2D eigenvalue weighted by Crippen LogP contribution is -2.28. The molecule has 114 valence electrons. The fourth-order valence-electron chi connectivity index (χ4n) is 2.00. The molecule has 0 atom stereocenters. The minimum atomic E-state index is -0.317. The molecule has 7 heteroatoms. The normalized spacial score (nSPS) is 12.6. The molecule has 1 aliphatic heterocycles. The lowest BCUT2D eigenvalue weighted by atomic mass is 10.2. The molecule has 6 nitrogen and oxygen atoms in total. The van der Waals surface area contributed by atoms with Crippen LogP contribution in [0.15, 0.2) is 41.0 Å². The fraction of sp³-hybridized carbons (Fsp3) is 0.200. The number of pyridine rings is 1. The highest BCUT2D eigenvalue weighted by molar-refractivity contribution is 9.10. The van der Waals surface area contributed by atoms with Crippen LogP contribution in [0.5, 0.6) is 11.5 Å². The van der Waals surface area contributed by atoms with Crippen LogP contribution >= 0.6 is 15.9 Å². The van der Waals surface area contributed by atoms with Crippen molar-refractivity contribution in [2.45, 2.75) is 6.54 Å². The molecule has 0 radical (unpaired) electrons. The molecule has 0 unspecified atom stereocenters. The number of nitrogens with zero attached hydrogens (tertiary/aromatic N) is 1. The van der Waals surface area contributed by atoms with Crippen LogP contribution in [0, 0.1) is 0 Å². The van der Waals surface area contributed by atoms with Gasteiger partial charge in [0.15, 0.2) is 11.5 Å². The van der Waals surface area contributed by atoms with Gasteiger partial charge in [-0.15, -0.1) is 0 Å². The monoisotopic (exact) mass is 363 g/mol. The summed E-state index contributed by atoms with van der Waals surface area (Å²) in [6.45, 7) is 1.38. The van der Waals surface area contributed by atoms with Crippen LogP contribution in [-0.4, -0.2) is 24.2 Å². The zero-order valence-corrected chi connectivity index (χ0v) is 13.2. The maximum absolute atomic E-state index is 12.0. The number of rotatable bonds is 3. The van der Waals surface area contributed by atoms with Gasteiger partial charge in [-0.05, 0) is 28.1 Å². The standard InChI is InChI=1S/C15H14BrN3O3/c16-11-7-13-14(22-6-5-21-13)8-12(11)19-15(20)18-9-10-3-1-2-4-17-10/h1-4,7-8H,5-6,9H2,(H2,18,19,20). The molecule has 0 spiro atoms. The number of aromatic nitrogens is 1. The van der Waals surface area contributed by atoms with Crippen LogP contribution in [0.2, 0.25) is 0 Å². The molecule has 0 fully saturated rings. The third-order valence-corrected chi connectivity index (χ3v) is 3.69. The fourth-order valence-corrected chi connectivity index (χ4v) is 2.42. The Morgan fingerprint density at radius 1 is 1.23 bits per heavy atom. The summed E-state index contributed by atoms with van der Waals surface area (Å²) in [6.07, 6.45) is 1.69. The molecular formula is C15H14BrN3O3. The van der Waals surface area contributed by atoms with Gasteiger partial charge in [-0.2, -0.15) is 0 Å². The molecule has 1 aromatic heterocycles. The SMILES string of the molecule is O=C(NCc1ccccn1)Nc1cc2c(cc1Br)OCCO2. The molecule has 1 aliphatic rings. The van der Waals surface area contributed by atoms with Gasteiger partial charge in [0.2, 0.25) is 0 Å². The minimum Gasteiger partial charge on any atom is -0.486 e. The minimum absolute atomic E-state index is 0.317. The number of hydrogen-bond donors (Lipinski definition) is 2. The first kappa shape index (κ1) is 14.6. The quantitative estimate of drug-likeness (QED) is 0.879. The zero-order valence-electron chi connectivity index (χ0n) is 11.6. The Hall–Kier alpha value is -2.28. The van der Waals surface area contributed by atoms with E-state index in [2.05, 4.69) is 31.5 Å². The van der Waals surface area contributed by atoms with Gasteiger partial charge < -0.3 is 20.1 Å².